The molecule has 6 nitrogen and oxygen atoms in total. The third-order valence-corrected chi connectivity index (χ3v) is 6.59. The summed E-state index contributed by atoms with van der Waals surface area (Å²) < 4.78 is 2.19. The molecule has 1 amide bonds. The number of rotatable bonds is 7. The molecular weight excluding hydrogens is 402 g/mol. The van der Waals surface area contributed by atoms with Crippen LogP contribution in [0, 0.1) is 6.92 Å². The average molecular weight is 424 g/mol. The fourth-order valence-corrected chi connectivity index (χ4v) is 4.78. The average Bonchev–Trinajstić information content (AvgIpc) is 3.35. The van der Waals surface area contributed by atoms with Crippen LogP contribution in [0.25, 0.3) is 11.0 Å². The highest BCUT2D eigenvalue weighted by Crippen LogP contribution is 2.27. The van der Waals surface area contributed by atoms with Crippen LogP contribution in [0.5, 0.6) is 0 Å². The Balaban J connectivity index is 1.38. The Morgan fingerprint density at radius 3 is 2.72 bits per heavy atom. The maximum Gasteiger partial charge on any atom is 0.282 e. The predicted molar refractivity (Wildman–Crippen MR) is 117 cm³/mol. The van der Waals surface area contributed by atoms with Crippen molar-refractivity contribution in [1.29, 1.82) is 0 Å². The summed E-state index contributed by atoms with van der Waals surface area (Å²) in [6, 6.07) is 16.2. The van der Waals surface area contributed by atoms with Crippen molar-refractivity contribution in [2.75, 3.05) is 0 Å². The molecule has 1 N–H and O–H groups in total. The van der Waals surface area contributed by atoms with E-state index in [0.717, 1.165) is 33.3 Å². The molecule has 148 valence electrons. The molecule has 4 aromatic rings. The summed E-state index contributed by atoms with van der Waals surface area (Å²) >= 11 is 2.94. The second-order valence-electron chi connectivity index (χ2n) is 6.59. The number of imidazole rings is 1. The molecule has 0 atom stereocenters. The van der Waals surface area contributed by atoms with E-state index in [1.165, 1.54) is 16.9 Å². The van der Waals surface area contributed by atoms with Crippen molar-refractivity contribution in [1.82, 2.24) is 25.1 Å². The van der Waals surface area contributed by atoms with Crippen molar-refractivity contribution in [2.45, 2.75) is 37.8 Å². The summed E-state index contributed by atoms with van der Waals surface area (Å²) in [4.78, 5) is 17.1. The van der Waals surface area contributed by atoms with Gasteiger partial charge in [-0.3, -0.25) is 4.79 Å². The number of amides is 1. The molecule has 0 radical (unpaired) electrons. The Hall–Kier alpha value is -2.71. The zero-order valence-corrected chi connectivity index (χ0v) is 17.9. The summed E-state index contributed by atoms with van der Waals surface area (Å²) in [6.45, 7) is 5.48. The minimum Gasteiger partial charge on any atom is -0.346 e. The lowest BCUT2D eigenvalue weighted by Gasteiger charge is -2.04. The topological polar surface area (TPSA) is 72.7 Å². The van der Waals surface area contributed by atoms with Crippen LogP contribution in [0.2, 0.25) is 0 Å². The minimum absolute atomic E-state index is 0.194. The third-order valence-electron chi connectivity index (χ3n) is 4.50. The Morgan fingerprint density at radius 2 is 1.93 bits per heavy atom. The lowest BCUT2D eigenvalue weighted by molar-refractivity contribution is 0.0950. The zero-order chi connectivity index (χ0) is 20.2. The quantitative estimate of drug-likeness (QED) is 0.445. The number of para-hydroxylation sites is 2. The number of fused-ring (bicyclic) bond motifs is 1. The number of nitrogens with zero attached hydrogens (tertiary/aromatic N) is 4. The van der Waals surface area contributed by atoms with E-state index in [1.54, 1.807) is 11.8 Å². The van der Waals surface area contributed by atoms with Crippen molar-refractivity contribution in [3.8, 4) is 0 Å². The molecule has 29 heavy (non-hydrogen) atoms. The first-order valence-electron chi connectivity index (χ1n) is 9.38. The van der Waals surface area contributed by atoms with E-state index in [9.17, 15) is 4.79 Å². The molecule has 0 saturated carbocycles. The molecule has 0 spiro atoms. The second-order valence-corrected chi connectivity index (χ2v) is 8.59. The molecule has 2 aromatic carbocycles. The highest BCUT2D eigenvalue weighted by Gasteiger charge is 2.15. The Morgan fingerprint density at radius 1 is 1.14 bits per heavy atom. The highest BCUT2D eigenvalue weighted by atomic mass is 32.2. The molecule has 0 saturated heterocycles. The summed E-state index contributed by atoms with van der Waals surface area (Å²) in [7, 11) is 0. The lowest BCUT2D eigenvalue weighted by Crippen LogP contribution is -2.22. The van der Waals surface area contributed by atoms with Gasteiger partial charge in [0.25, 0.3) is 5.91 Å². The highest BCUT2D eigenvalue weighted by molar-refractivity contribution is 7.98. The van der Waals surface area contributed by atoms with Gasteiger partial charge in [-0.15, -0.1) is 10.2 Å². The molecule has 0 bridgehead atoms. The molecule has 0 unspecified atom stereocenters. The largest absolute Gasteiger partial charge is 0.346 e. The van der Waals surface area contributed by atoms with Crippen molar-refractivity contribution in [3.05, 3.63) is 69.7 Å². The first-order chi connectivity index (χ1) is 14.1. The summed E-state index contributed by atoms with van der Waals surface area (Å²) in [5.74, 6) is 0.437. The number of aromatic nitrogens is 4. The smallest absolute Gasteiger partial charge is 0.282 e. The van der Waals surface area contributed by atoms with Crippen molar-refractivity contribution in [3.63, 3.8) is 0 Å². The lowest BCUT2D eigenvalue weighted by atomic mass is 10.1. The second kappa shape index (κ2) is 8.75. The van der Waals surface area contributed by atoms with E-state index in [2.05, 4.69) is 33.1 Å². The van der Waals surface area contributed by atoms with Gasteiger partial charge in [-0.1, -0.05) is 65.1 Å². The Bertz CT molecular complexity index is 1130. The van der Waals surface area contributed by atoms with Gasteiger partial charge in [0.2, 0.25) is 5.01 Å². The van der Waals surface area contributed by atoms with Crippen molar-refractivity contribution >= 4 is 40.0 Å². The van der Waals surface area contributed by atoms with E-state index in [0.29, 0.717) is 17.3 Å². The van der Waals surface area contributed by atoms with Crippen LogP contribution in [0.15, 0.2) is 53.7 Å². The van der Waals surface area contributed by atoms with E-state index >= 15 is 0 Å². The van der Waals surface area contributed by atoms with Crippen molar-refractivity contribution < 1.29 is 4.79 Å². The summed E-state index contributed by atoms with van der Waals surface area (Å²) in [6.07, 6.45) is 0. The van der Waals surface area contributed by atoms with E-state index in [4.69, 9.17) is 4.98 Å². The van der Waals surface area contributed by atoms with Gasteiger partial charge in [0.1, 0.15) is 5.01 Å². The van der Waals surface area contributed by atoms with E-state index < -0.39 is 0 Å². The molecule has 0 aliphatic rings. The van der Waals surface area contributed by atoms with Gasteiger partial charge in [-0.05, 0) is 31.5 Å². The fraction of sp³-hybridized carbons (Fsp3) is 0.238. The minimum atomic E-state index is -0.194. The van der Waals surface area contributed by atoms with Crippen LogP contribution < -0.4 is 5.32 Å². The number of carbonyl (C=O) groups excluding carboxylic acids is 1. The van der Waals surface area contributed by atoms with Gasteiger partial charge in [-0.2, -0.15) is 0 Å². The number of hydrogen-bond donors (Lipinski definition) is 1. The number of benzene rings is 2. The molecule has 8 heteroatoms. The van der Waals surface area contributed by atoms with Crippen LogP contribution in [0.1, 0.15) is 32.9 Å². The maximum atomic E-state index is 12.4. The third kappa shape index (κ3) is 4.49. The fourth-order valence-electron chi connectivity index (χ4n) is 2.96. The monoisotopic (exact) mass is 423 g/mol. The predicted octanol–water partition coefficient (Wildman–Crippen LogP) is 4.44. The van der Waals surface area contributed by atoms with Gasteiger partial charge in [0.05, 0.1) is 16.8 Å². The van der Waals surface area contributed by atoms with Crippen LogP contribution in [-0.4, -0.2) is 25.7 Å². The Labute approximate surface area is 177 Å². The number of nitrogens with one attached hydrogen (secondary N) is 1. The first kappa shape index (κ1) is 19.6. The first-order valence-corrected chi connectivity index (χ1v) is 11.2. The van der Waals surface area contributed by atoms with Gasteiger partial charge in [0.15, 0.2) is 5.16 Å². The number of hydrogen-bond acceptors (Lipinski definition) is 6. The molecule has 4 rings (SSSR count). The zero-order valence-electron chi connectivity index (χ0n) is 16.3. The van der Waals surface area contributed by atoms with Gasteiger partial charge in [-0.25, -0.2) is 4.98 Å². The van der Waals surface area contributed by atoms with Crippen LogP contribution in [0.3, 0.4) is 0 Å². The van der Waals surface area contributed by atoms with Crippen LogP contribution in [-0.2, 0) is 18.8 Å². The SMILES string of the molecule is CCn1c(SCc2nnc(C(=O)NCc3ccc(C)cc3)s2)nc2ccccc21. The van der Waals surface area contributed by atoms with Crippen molar-refractivity contribution in [2.24, 2.45) is 0 Å². The maximum absolute atomic E-state index is 12.4. The summed E-state index contributed by atoms with van der Waals surface area (Å²) in [5.41, 5.74) is 4.38. The van der Waals surface area contributed by atoms with Gasteiger partial charge < -0.3 is 9.88 Å². The number of carbonyl (C=O) groups is 1. The Kier molecular flexibility index (Phi) is 5.92. The van der Waals surface area contributed by atoms with Crippen LogP contribution >= 0.6 is 23.1 Å². The van der Waals surface area contributed by atoms with Gasteiger partial charge >= 0.3 is 0 Å². The molecule has 0 aliphatic carbocycles. The van der Waals surface area contributed by atoms with E-state index in [1.807, 2.05) is 49.4 Å². The van der Waals surface area contributed by atoms with Crippen LogP contribution in [0.4, 0.5) is 0 Å². The van der Waals surface area contributed by atoms with E-state index in [-0.39, 0.29) is 5.91 Å². The van der Waals surface area contributed by atoms with Gasteiger partial charge in [0, 0.05) is 13.1 Å². The normalized spacial score (nSPS) is 11.1. The molecular formula is C21H21N5OS2. The standard InChI is InChI=1S/C21H21N5OS2/c1-3-26-17-7-5-4-6-16(17)23-21(26)28-13-18-24-25-20(29-18)19(27)22-12-15-10-8-14(2)9-11-15/h4-11H,3,12-13H2,1-2H3,(H,22,27). The summed E-state index contributed by atoms with van der Waals surface area (Å²) in [5, 5.41) is 13.3. The number of thioether (sulfide) groups is 1. The molecule has 0 fully saturated rings. The number of aryl methyl sites for hydroxylation is 2. The molecule has 0 aliphatic heterocycles. The molecule has 2 aromatic heterocycles. The molecule has 2 heterocycles.